The van der Waals surface area contributed by atoms with Crippen molar-refractivity contribution < 1.29 is 19.1 Å². The standard InChI is InChI=1S/C19H26N2O4/c1-3-21-17(22)12-16(19(23)20-14-8-10-25-11-9-14)18(21)13-4-6-15(24-2)7-5-13/h4-7,14,16,18H,3,8-12H2,1-2H3,(H,20,23)/t16-,18+/m1/s1. The lowest BCUT2D eigenvalue weighted by molar-refractivity contribution is -0.129. The average molecular weight is 346 g/mol. The summed E-state index contributed by atoms with van der Waals surface area (Å²) >= 11 is 0. The van der Waals surface area contributed by atoms with Crippen LogP contribution in [-0.2, 0) is 14.3 Å². The fraction of sp³-hybridized carbons (Fsp3) is 0.579. The summed E-state index contributed by atoms with van der Waals surface area (Å²) in [5.74, 6) is 0.412. The van der Waals surface area contributed by atoms with Gasteiger partial charge in [0.2, 0.25) is 11.8 Å². The van der Waals surface area contributed by atoms with E-state index in [1.165, 1.54) is 0 Å². The van der Waals surface area contributed by atoms with E-state index in [0.29, 0.717) is 19.8 Å². The first kappa shape index (κ1) is 17.7. The molecule has 0 spiro atoms. The van der Waals surface area contributed by atoms with Gasteiger partial charge >= 0.3 is 0 Å². The van der Waals surface area contributed by atoms with Gasteiger partial charge in [-0.1, -0.05) is 12.1 Å². The zero-order chi connectivity index (χ0) is 17.8. The number of ether oxygens (including phenoxy) is 2. The van der Waals surface area contributed by atoms with E-state index in [-0.39, 0.29) is 36.2 Å². The molecule has 1 aromatic carbocycles. The van der Waals surface area contributed by atoms with Gasteiger partial charge in [0.1, 0.15) is 5.75 Å². The number of methoxy groups -OCH3 is 1. The van der Waals surface area contributed by atoms with Crippen molar-refractivity contribution in [2.24, 2.45) is 5.92 Å². The van der Waals surface area contributed by atoms with Crippen molar-refractivity contribution in [1.29, 1.82) is 0 Å². The van der Waals surface area contributed by atoms with Crippen molar-refractivity contribution in [3.8, 4) is 5.75 Å². The van der Waals surface area contributed by atoms with Crippen molar-refractivity contribution in [3.63, 3.8) is 0 Å². The van der Waals surface area contributed by atoms with Gasteiger partial charge in [-0.05, 0) is 37.5 Å². The minimum atomic E-state index is -0.358. The molecule has 0 aliphatic carbocycles. The Bertz CT molecular complexity index is 610. The van der Waals surface area contributed by atoms with Gasteiger partial charge in [0.25, 0.3) is 0 Å². The Morgan fingerprint density at radius 1 is 1.28 bits per heavy atom. The Morgan fingerprint density at radius 2 is 1.96 bits per heavy atom. The summed E-state index contributed by atoms with van der Waals surface area (Å²) in [5.41, 5.74) is 0.973. The molecule has 25 heavy (non-hydrogen) atoms. The van der Waals surface area contributed by atoms with Crippen molar-refractivity contribution in [3.05, 3.63) is 29.8 Å². The highest BCUT2D eigenvalue weighted by Gasteiger charge is 2.44. The third-order valence-electron chi connectivity index (χ3n) is 5.13. The fourth-order valence-electron chi connectivity index (χ4n) is 3.76. The van der Waals surface area contributed by atoms with Gasteiger partial charge in [0.15, 0.2) is 0 Å². The minimum absolute atomic E-state index is 0.0305. The van der Waals surface area contributed by atoms with E-state index in [9.17, 15) is 9.59 Å². The van der Waals surface area contributed by atoms with Gasteiger partial charge < -0.3 is 19.7 Å². The molecule has 2 heterocycles. The molecule has 2 atom stereocenters. The second-order valence-corrected chi connectivity index (χ2v) is 6.60. The summed E-state index contributed by atoms with van der Waals surface area (Å²) < 4.78 is 10.6. The number of carbonyl (C=O) groups is 2. The molecule has 136 valence electrons. The zero-order valence-corrected chi connectivity index (χ0v) is 14.9. The highest BCUT2D eigenvalue weighted by molar-refractivity contribution is 5.90. The maximum Gasteiger partial charge on any atom is 0.226 e. The van der Waals surface area contributed by atoms with Crippen molar-refractivity contribution in [2.45, 2.75) is 38.3 Å². The molecular weight excluding hydrogens is 320 g/mol. The SMILES string of the molecule is CCN1C(=O)C[C@@H](C(=O)NC2CCOCC2)[C@@H]1c1ccc(OC)cc1. The van der Waals surface area contributed by atoms with Crippen LogP contribution < -0.4 is 10.1 Å². The molecule has 2 aliphatic rings. The molecule has 1 N–H and O–H groups in total. The predicted molar refractivity (Wildman–Crippen MR) is 93.2 cm³/mol. The molecule has 6 heteroatoms. The molecule has 0 unspecified atom stereocenters. The minimum Gasteiger partial charge on any atom is -0.497 e. The smallest absolute Gasteiger partial charge is 0.226 e. The highest BCUT2D eigenvalue weighted by atomic mass is 16.5. The predicted octanol–water partition coefficient (Wildman–Crippen LogP) is 1.90. The number of hydrogen-bond donors (Lipinski definition) is 1. The molecular formula is C19H26N2O4. The van der Waals surface area contributed by atoms with Gasteiger partial charge in [0.05, 0.1) is 19.1 Å². The Labute approximate surface area is 148 Å². The lowest BCUT2D eigenvalue weighted by atomic mass is 9.92. The fourth-order valence-corrected chi connectivity index (χ4v) is 3.76. The van der Waals surface area contributed by atoms with Crippen LogP contribution in [0.5, 0.6) is 5.75 Å². The highest BCUT2D eigenvalue weighted by Crippen LogP contribution is 2.38. The molecule has 1 aromatic rings. The van der Waals surface area contributed by atoms with Crippen LogP contribution in [0.3, 0.4) is 0 Å². The summed E-state index contributed by atoms with van der Waals surface area (Å²) in [6.07, 6.45) is 1.92. The number of rotatable bonds is 5. The average Bonchev–Trinajstić information content (AvgIpc) is 2.99. The third-order valence-corrected chi connectivity index (χ3v) is 5.13. The second kappa shape index (κ2) is 7.87. The van der Waals surface area contributed by atoms with Crippen LogP contribution in [0.15, 0.2) is 24.3 Å². The molecule has 0 saturated carbocycles. The quantitative estimate of drug-likeness (QED) is 0.884. The maximum absolute atomic E-state index is 12.9. The summed E-state index contributed by atoms with van der Waals surface area (Å²) in [7, 11) is 1.62. The third kappa shape index (κ3) is 3.79. The van der Waals surface area contributed by atoms with Crippen molar-refractivity contribution >= 4 is 11.8 Å². The van der Waals surface area contributed by atoms with Crippen molar-refractivity contribution in [2.75, 3.05) is 26.9 Å². The van der Waals surface area contributed by atoms with E-state index in [4.69, 9.17) is 9.47 Å². The second-order valence-electron chi connectivity index (χ2n) is 6.60. The van der Waals surface area contributed by atoms with Crippen molar-refractivity contribution in [1.82, 2.24) is 10.2 Å². The number of nitrogens with one attached hydrogen (secondary N) is 1. The maximum atomic E-state index is 12.9. The lowest BCUT2D eigenvalue weighted by Crippen LogP contribution is -2.43. The lowest BCUT2D eigenvalue weighted by Gasteiger charge is -2.29. The Hall–Kier alpha value is -2.08. The summed E-state index contributed by atoms with van der Waals surface area (Å²) in [6.45, 7) is 3.90. The van der Waals surface area contributed by atoms with E-state index < -0.39 is 0 Å². The zero-order valence-electron chi connectivity index (χ0n) is 14.9. The van der Waals surface area contributed by atoms with Crippen LogP contribution in [0, 0.1) is 5.92 Å². The van der Waals surface area contributed by atoms with Crippen LogP contribution in [0.1, 0.15) is 37.8 Å². The van der Waals surface area contributed by atoms with Gasteiger partial charge in [-0.2, -0.15) is 0 Å². The Balaban J connectivity index is 1.79. The number of nitrogens with zero attached hydrogens (tertiary/aromatic N) is 1. The van der Waals surface area contributed by atoms with E-state index in [2.05, 4.69) is 5.32 Å². The van der Waals surface area contributed by atoms with Crippen LogP contribution in [0.25, 0.3) is 0 Å². The normalized spacial score (nSPS) is 24.4. The first-order valence-electron chi connectivity index (χ1n) is 8.95. The first-order valence-corrected chi connectivity index (χ1v) is 8.95. The van der Waals surface area contributed by atoms with E-state index in [0.717, 1.165) is 24.2 Å². The molecule has 2 saturated heterocycles. The largest absolute Gasteiger partial charge is 0.497 e. The number of benzene rings is 1. The summed E-state index contributed by atoms with van der Waals surface area (Å²) in [5, 5.41) is 3.13. The molecule has 3 rings (SSSR count). The number of hydrogen-bond acceptors (Lipinski definition) is 4. The molecule has 6 nitrogen and oxygen atoms in total. The summed E-state index contributed by atoms with van der Waals surface area (Å²) in [6, 6.07) is 7.56. The molecule has 2 fully saturated rings. The van der Waals surface area contributed by atoms with Crippen LogP contribution in [0.4, 0.5) is 0 Å². The van der Waals surface area contributed by atoms with Gasteiger partial charge in [-0.3, -0.25) is 9.59 Å². The van der Waals surface area contributed by atoms with E-state index >= 15 is 0 Å². The summed E-state index contributed by atoms with van der Waals surface area (Å²) in [4.78, 5) is 27.1. The first-order chi connectivity index (χ1) is 12.1. The number of amides is 2. The molecule has 2 amide bonds. The Morgan fingerprint density at radius 3 is 2.56 bits per heavy atom. The van der Waals surface area contributed by atoms with E-state index in [1.54, 1.807) is 12.0 Å². The van der Waals surface area contributed by atoms with Crippen LogP contribution in [-0.4, -0.2) is 49.6 Å². The van der Waals surface area contributed by atoms with Gasteiger partial charge in [-0.15, -0.1) is 0 Å². The van der Waals surface area contributed by atoms with Gasteiger partial charge in [-0.25, -0.2) is 0 Å². The monoisotopic (exact) mass is 346 g/mol. The molecule has 0 radical (unpaired) electrons. The topological polar surface area (TPSA) is 67.9 Å². The molecule has 0 aromatic heterocycles. The van der Waals surface area contributed by atoms with Crippen LogP contribution in [0.2, 0.25) is 0 Å². The molecule has 2 aliphatic heterocycles. The molecule has 0 bridgehead atoms. The Kier molecular flexibility index (Phi) is 5.58. The number of carbonyl (C=O) groups excluding carboxylic acids is 2. The van der Waals surface area contributed by atoms with E-state index in [1.807, 2.05) is 31.2 Å². The van der Waals surface area contributed by atoms with Crippen LogP contribution >= 0.6 is 0 Å². The number of likely N-dealkylation sites (tertiary alicyclic amines) is 1. The van der Waals surface area contributed by atoms with Gasteiger partial charge in [0, 0.05) is 32.2 Å².